The molecule has 1 saturated carbocycles. The molecule has 142 valence electrons. The number of amides is 1. The minimum Gasteiger partial charge on any atom is -0.374 e. The van der Waals surface area contributed by atoms with E-state index in [2.05, 4.69) is 15.6 Å². The van der Waals surface area contributed by atoms with E-state index in [1.165, 1.54) is 37.0 Å². The number of nitrogens with one attached hydrogen (secondary N) is 2. The van der Waals surface area contributed by atoms with Crippen LogP contribution in [0.4, 0.5) is 5.13 Å². The summed E-state index contributed by atoms with van der Waals surface area (Å²) in [5.41, 5.74) is 1.07. The standard InChI is InChI=1S/C19H27N3O2S2/c1-13(2)26(24)17-8-7-15(12-21-17)16(11-14-5-3-4-6-14)18(23)22-19-20-9-10-25-19/h7-10,13-14,16,21H,3-6,11-12H2,1-2H3,(H,20,22,23). The first-order chi connectivity index (χ1) is 12.5. The molecule has 2 atom stereocenters. The normalized spacial score (nSPS) is 20.3. The molecule has 0 radical (unpaired) electrons. The highest BCUT2D eigenvalue weighted by Gasteiger charge is 2.29. The summed E-state index contributed by atoms with van der Waals surface area (Å²) < 4.78 is 12.3. The van der Waals surface area contributed by atoms with Crippen LogP contribution in [0, 0.1) is 11.8 Å². The molecule has 2 aliphatic rings. The number of carbonyl (C=O) groups excluding carboxylic acids is 1. The SMILES string of the molecule is CC(C)S(=O)C1=CC=C(C(CC2CCCC2)C(=O)Nc2nccs2)CN1. The van der Waals surface area contributed by atoms with Gasteiger partial charge >= 0.3 is 0 Å². The van der Waals surface area contributed by atoms with Gasteiger partial charge in [0, 0.05) is 23.4 Å². The molecule has 1 fully saturated rings. The fourth-order valence-electron chi connectivity index (χ4n) is 3.61. The topological polar surface area (TPSA) is 71.1 Å². The van der Waals surface area contributed by atoms with Gasteiger partial charge in [0.25, 0.3) is 0 Å². The molecule has 3 rings (SSSR count). The van der Waals surface area contributed by atoms with Crippen LogP contribution in [0.25, 0.3) is 0 Å². The van der Waals surface area contributed by atoms with Crippen LogP contribution in [0.1, 0.15) is 46.0 Å². The predicted octanol–water partition coefficient (Wildman–Crippen LogP) is 3.81. The molecule has 1 aromatic rings. The molecule has 0 saturated heterocycles. The maximum atomic E-state index is 12.9. The Morgan fingerprint density at radius 2 is 2.15 bits per heavy atom. The largest absolute Gasteiger partial charge is 0.374 e. The molecule has 26 heavy (non-hydrogen) atoms. The van der Waals surface area contributed by atoms with Gasteiger partial charge in [-0.15, -0.1) is 11.3 Å². The molecule has 1 amide bonds. The maximum absolute atomic E-state index is 12.9. The van der Waals surface area contributed by atoms with Crippen molar-refractivity contribution < 1.29 is 9.00 Å². The summed E-state index contributed by atoms with van der Waals surface area (Å²) in [6.07, 6.45) is 11.4. The molecule has 2 N–H and O–H groups in total. The Balaban J connectivity index is 1.76. The van der Waals surface area contributed by atoms with E-state index in [0.717, 1.165) is 17.0 Å². The Bertz CT molecular complexity index is 704. The molecule has 1 aliphatic carbocycles. The third-order valence-corrected chi connectivity index (χ3v) is 7.29. The average Bonchev–Trinajstić information content (AvgIpc) is 3.33. The second-order valence-corrected chi connectivity index (χ2v) is 10.1. The van der Waals surface area contributed by atoms with Crippen LogP contribution in [-0.2, 0) is 15.6 Å². The first-order valence-electron chi connectivity index (χ1n) is 9.30. The van der Waals surface area contributed by atoms with Gasteiger partial charge in [0.15, 0.2) is 5.13 Å². The maximum Gasteiger partial charge on any atom is 0.233 e. The van der Waals surface area contributed by atoms with Crippen molar-refractivity contribution >= 4 is 33.2 Å². The molecular formula is C19H27N3O2S2. The van der Waals surface area contributed by atoms with Crippen molar-refractivity contribution in [3.8, 4) is 0 Å². The van der Waals surface area contributed by atoms with E-state index in [1.54, 1.807) is 6.20 Å². The van der Waals surface area contributed by atoms with Crippen molar-refractivity contribution in [3.05, 3.63) is 34.3 Å². The molecule has 2 unspecified atom stereocenters. The monoisotopic (exact) mass is 393 g/mol. The van der Waals surface area contributed by atoms with E-state index >= 15 is 0 Å². The van der Waals surface area contributed by atoms with Crippen molar-refractivity contribution in [3.63, 3.8) is 0 Å². The summed E-state index contributed by atoms with van der Waals surface area (Å²) in [7, 11) is -1.03. The highest BCUT2D eigenvalue weighted by molar-refractivity contribution is 7.89. The molecular weight excluding hydrogens is 366 g/mol. The van der Waals surface area contributed by atoms with Crippen molar-refractivity contribution in [1.29, 1.82) is 0 Å². The van der Waals surface area contributed by atoms with Gasteiger partial charge in [0.1, 0.15) is 5.03 Å². The lowest BCUT2D eigenvalue weighted by Gasteiger charge is -2.26. The van der Waals surface area contributed by atoms with E-state index in [-0.39, 0.29) is 17.1 Å². The average molecular weight is 394 g/mol. The number of allylic oxidation sites excluding steroid dienone is 2. The molecule has 0 spiro atoms. The molecule has 1 aliphatic heterocycles. The Hall–Kier alpha value is -1.47. The van der Waals surface area contributed by atoms with Gasteiger partial charge in [0.05, 0.1) is 16.7 Å². The van der Waals surface area contributed by atoms with Gasteiger partial charge in [-0.05, 0) is 24.0 Å². The third-order valence-electron chi connectivity index (χ3n) is 5.03. The third kappa shape index (κ3) is 4.82. The fraction of sp³-hybridized carbons (Fsp3) is 0.579. The van der Waals surface area contributed by atoms with Crippen molar-refractivity contribution in [2.24, 2.45) is 11.8 Å². The number of carbonyl (C=O) groups is 1. The Kier molecular flexibility index (Phi) is 6.64. The fourth-order valence-corrected chi connectivity index (χ4v) is 5.06. The lowest BCUT2D eigenvalue weighted by Crippen LogP contribution is -2.33. The van der Waals surface area contributed by atoms with Crippen molar-refractivity contribution in [1.82, 2.24) is 10.3 Å². The zero-order valence-corrected chi connectivity index (χ0v) is 17.0. The van der Waals surface area contributed by atoms with Gasteiger partial charge in [-0.1, -0.05) is 45.6 Å². The van der Waals surface area contributed by atoms with Crippen LogP contribution >= 0.6 is 11.3 Å². The van der Waals surface area contributed by atoms with Crippen LogP contribution < -0.4 is 10.6 Å². The Labute approximate surface area is 161 Å². The number of nitrogens with zero attached hydrogens (tertiary/aromatic N) is 1. The van der Waals surface area contributed by atoms with Crippen LogP contribution in [0.15, 0.2) is 34.3 Å². The highest BCUT2D eigenvalue weighted by atomic mass is 32.2. The summed E-state index contributed by atoms with van der Waals surface area (Å²) in [6.45, 7) is 4.47. The predicted molar refractivity (Wildman–Crippen MR) is 108 cm³/mol. The van der Waals surface area contributed by atoms with Gasteiger partial charge in [-0.3, -0.25) is 9.00 Å². The number of thiazole rings is 1. The number of aromatic nitrogens is 1. The van der Waals surface area contributed by atoms with E-state index in [0.29, 0.717) is 17.6 Å². The molecule has 2 heterocycles. The first kappa shape index (κ1) is 19.3. The Morgan fingerprint density at radius 3 is 2.73 bits per heavy atom. The zero-order valence-electron chi connectivity index (χ0n) is 15.4. The summed E-state index contributed by atoms with van der Waals surface area (Å²) in [5.74, 6) is 0.458. The molecule has 1 aromatic heterocycles. The Morgan fingerprint density at radius 1 is 1.38 bits per heavy atom. The van der Waals surface area contributed by atoms with Gasteiger partial charge in [-0.25, -0.2) is 4.98 Å². The van der Waals surface area contributed by atoms with Gasteiger partial charge in [0.2, 0.25) is 5.91 Å². The smallest absolute Gasteiger partial charge is 0.233 e. The van der Waals surface area contributed by atoms with Crippen LogP contribution in [0.2, 0.25) is 0 Å². The second kappa shape index (κ2) is 8.95. The minimum atomic E-state index is -1.03. The van der Waals surface area contributed by atoms with E-state index in [4.69, 9.17) is 0 Å². The van der Waals surface area contributed by atoms with E-state index < -0.39 is 10.8 Å². The molecule has 0 bridgehead atoms. The first-order valence-corrected chi connectivity index (χ1v) is 11.4. The summed E-state index contributed by atoms with van der Waals surface area (Å²) >= 11 is 1.44. The van der Waals surface area contributed by atoms with Crippen molar-refractivity contribution in [2.75, 3.05) is 11.9 Å². The second-order valence-electron chi connectivity index (χ2n) is 7.24. The van der Waals surface area contributed by atoms with E-state index in [1.807, 2.05) is 31.4 Å². The highest BCUT2D eigenvalue weighted by Crippen LogP contribution is 2.34. The van der Waals surface area contributed by atoms with Gasteiger partial charge in [-0.2, -0.15) is 0 Å². The summed E-state index contributed by atoms with van der Waals surface area (Å²) in [4.78, 5) is 17.1. The number of dihydropyridines is 1. The lowest BCUT2D eigenvalue weighted by atomic mass is 9.86. The number of rotatable bonds is 7. The lowest BCUT2D eigenvalue weighted by molar-refractivity contribution is -0.119. The van der Waals surface area contributed by atoms with Crippen molar-refractivity contribution in [2.45, 2.75) is 51.2 Å². The number of hydrogen-bond donors (Lipinski definition) is 2. The molecule has 0 aromatic carbocycles. The molecule has 5 nitrogen and oxygen atoms in total. The zero-order chi connectivity index (χ0) is 18.5. The van der Waals surface area contributed by atoms with Crippen LogP contribution in [-0.4, -0.2) is 26.9 Å². The summed E-state index contributed by atoms with van der Waals surface area (Å²) in [6, 6.07) is 0. The minimum absolute atomic E-state index is 0.0155. The molecule has 7 heteroatoms. The van der Waals surface area contributed by atoms with E-state index in [9.17, 15) is 9.00 Å². The van der Waals surface area contributed by atoms with Crippen LogP contribution in [0.5, 0.6) is 0 Å². The van der Waals surface area contributed by atoms with Gasteiger partial charge < -0.3 is 10.6 Å². The van der Waals surface area contributed by atoms with Crippen LogP contribution in [0.3, 0.4) is 0 Å². The quantitative estimate of drug-likeness (QED) is 0.739. The number of hydrogen-bond acceptors (Lipinski definition) is 5. The summed E-state index contributed by atoms with van der Waals surface area (Å²) in [5, 5.41) is 9.57. The number of anilines is 1.